The average Bonchev–Trinajstić information content (AvgIpc) is 2.29. The summed E-state index contributed by atoms with van der Waals surface area (Å²) in [5, 5.41) is 0. The first-order valence-corrected chi connectivity index (χ1v) is 4.27. The molecule has 0 bridgehead atoms. The Morgan fingerprint density at radius 3 is 3.00 bits per heavy atom. The lowest BCUT2D eigenvalue weighted by molar-refractivity contribution is 0.0490. The predicted octanol–water partition coefficient (Wildman–Crippen LogP) is 0.300. The van der Waals surface area contributed by atoms with Gasteiger partial charge in [-0.05, 0) is 17.7 Å². The van der Waals surface area contributed by atoms with Crippen LogP contribution in [-0.4, -0.2) is 13.1 Å². The van der Waals surface area contributed by atoms with Gasteiger partial charge in [-0.15, -0.1) is 0 Å². The molecule has 0 unspecified atom stereocenters. The van der Waals surface area contributed by atoms with Crippen LogP contribution in [0.25, 0.3) is 0 Å². The van der Waals surface area contributed by atoms with Crippen molar-refractivity contribution in [2.24, 2.45) is 5.84 Å². The van der Waals surface area contributed by atoms with Crippen molar-refractivity contribution in [3.8, 4) is 5.75 Å². The van der Waals surface area contributed by atoms with E-state index in [1.807, 2.05) is 29.7 Å². The van der Waals surface area contributed by atoms with Gasteiger partial charge in [0, 0.05) is 0 Å². The first-order valence-electron chi connectivity index (χ1n) is 4.27. The Hall–Kier alpha value is -1.79. The molecule has 0 fully saturated rings. The van der Waals surface area contributed by atoms with E-state index in [-0.39, 0.29) is 6.61 Å². The highest BCUT2D eigenvalue weighted by Gasteiger charge is 1.98. The predicted molar refractivity (Wildman–Crippen MR) is 53.6 cm³/mol. The van der Waals surface area contributed by atoms with Crippen LogP contribution in [0, 0.1) is 0 Å². The number of ether oxygens (including phenoxy) is 1. The number of amides is 2. The lowest BCUT2D eigenvalue weighted by atomic mass is 10.2. The highest BCUT2D eigenvalue weighted by molar-refractivity contribution is 5.71. The number of nitrogens with one attached hydrogen (secondary N) is 2. The fourth-order valence-corrected chi connectivity index (χ4v) is 0.977. The molecule has 0 saturated carbocycles. The molecule has 0 aliphatic heterocycles. The Kier molecular flexibility index (Phi) is 4.39. The topological polar surface area (TPSA) is 85.6 Å². The van der Waals surface area contributed by atoms with E-state index in [4.69, 9.17) is 15.4 Å². The van der Waals surface area contributed by atoms with E-state index in [0.29, 0.717) is 0 Å². The van der Waals surface area contributed by atoms with Crippen molar-refractivity contribution in [1.29, 1.82) is 0 Å². The Labute approximate surface area is 87.3 Å². The molecule has 0 heterocycles. The van der Waals surface area contributed by atoms with Gasteiger partial charge in [-0.2, -0.15) is 0 Å². The van der Waals surface area contributed by atoms with Gasteiger partial charge in [0.05, 0.1) is 13.7 Å². The molecule has 0 spiro atoms. The second kappa shape index (κ2) is 5.84. The van der Waals surface area contributed by atoms with Crippen LogP contribution < -0.4 is 21.5 Å². The summed E-state index contributed by atoms with van der Waals surface area (Å²) in [5.41, 5.74) is 4.86. The van der Waals surface area contributed by atoms with Crippen LogP contribution in [0.5, 0.6) is 5.75 Å². The highest BCUT2D eigenvalue weighted by atomic mass is 16.7. The summed E-state index contributed by atoms with van der Waals surface area (Å²) >= 11 is 0. The normalized spacial score (nSPS) is 9.47. The van der Waals surface area contributed by atoms with Gasteiger partial charge >= 0.3 is 6.03 Å². The Balaban J connectivity index is 2.40. The molecule has 15 heavy (non-hydrogen) atoms. The third-order valence-electron chi connectivity index (χ3n) is 1.67. The summed E-state index contributed by atoms with van der Waals surface area (Å²) in [6.07, 6.45) is 0. The fourth-order valence-electron chi connectivity index (χ4n) is 0.977. The van der Waals surface area contributed by atoms with E-state index in [1.165, 1.54) is 0 Å². The molecule has 0 radical (unpaired) electrons. The molecule has 1 rings (SSSR count). The van der Waals surface area contributed by atoms with Crippen LogP contribution >= 0.6 is 0 Å². The SMILES string of the molecule is COc1cccc(CONC(=O)NN)c1. The quantitative estimate of drug-likeness (QED) is 0.380. The lowest BCUT2D eigenvalue weighted by Crippen LogP contribution is -2.39. The number of carbonyl (C=O) groups excluding carboxylic acids is 1. The number of hydrazine groups is 1. The van der Waals surface area contributed by atoms with E-state index < -0.39 is 6.03 Å². The monoisotopic (exact) mass is 211 g/mol. The summed E-state index contributed by atoms with van der Waals surface area (Å²) in [6.45, 7) is 0.241. The number of methoxy groups -OCH3 is 1. The van der Waals surface area contributed by atoms with Crippen LogP contribution in [-0.2, 0) is 11.4 Å². The molecule has 1 aromatic rings. The zero-order valence-electron chi connectivity index (χ0n) is 8.32. The van der Waals surface area contributed by atoms with Crippen molar-refractivity contribution in [3.63, 3.8) is 0 Å². The largest absolute Gasteiger partial charge is 0.497 e. The van der Waals surface area contributed by atoms with Crippen LogP contribution in [0.15, 0.2) is 24.3 Å². The van der Waals surface area contributed by atoms with Gasteiger partial charge in [-0.25, -0.2) is 16.1 Å². The molecule has 2 amide bonds. The summed E-state index contributed by atoms with van der Waals surface area (Å²) in [5.74, 6) is 5.57. The first kappa shape index (κ1) is 11.3. The summed E-state index contributed by atoms with van der Waals surface area (Å²) in [4.78, 5) is 15.5. The van der Waals surface area contributed by atoms with Gasteiger partial charge in [0.2, 0.25) is 0 Å². The molecule has 0 aliphatic carbocycles. The van der Waals surface area contributed by atoms with E-state index in [0.717, 1.165) is 11.3 Å². The Morgan fingerprint density at radius 1 is 1.53 bits per heavy atom. The Morgan fingerprint density at radius 2 is 2.33 bits per heavy atom. The maximum Gasteiger partial charge on any atom is 0.352 e. The molecule has 1 aromatic carbocycles. The molecule has 82 valence electrons. The van der Waals surface area contributed by atoms with Crippen LogP contribution in [0.2, 0.25) is 0 Å². The highest BCUT2D eigenvalue weighted by Crippen LogP contribution is 2.12. The van der Waals surface area contributed by atoms with E-state index in [1.54, 1.807) is 7.11 Å². The molecule has 6 nitrogen and oxygen atoms in total. The zero-order valence-corrected chi connectivity index (χ0v) is 8.32. The van der Waals surface area contributed by atoms with Crippen molar-refractivity contribution in [3.05, 3.63) is 29.8 Å². The molecule has 0 aromatic heterocycles. The van der Waals surface area contributed by atoms with Gasteiger partial charge in [0.1, 0.15) is 5.75 Å². The molecule has 4 N–H and O–H groups in total. The molecular formula is C9H13N3O3. The molecule has 0 atom stereocenters. The zero-order chi connectivity index (χ0) is 11.1. The lowest BCUT2D eigenvalue weighted by Gasteiger charge is -2.06. The van der Waals surface area contributed by atoms with Crippen LogP contribution in [0.3, 0.4) is 0 Å². The second-order valence-corrected chi connectivity index (χ2v) is 2.72. The van der Waals surface area contributed by atoms with Crippen LogP contribution in [0.4, 0.5) is 4.79 Å². The molecule has 6 heteroatoms. The van der Waals surface area contributed by atoms with E-state index >= 15 is 0 Å². The smallest absolute Gasteiger partial charge is 0.352 e. The van der Waals surface area contributed by atoms with Gasteiger partial charge in [-0.3, -0.25) is 10.3 Å². The summed E-state index contributed by atoms with van der Waals surface area (Å²) in [7, 11) is 1.58. The number of benzene rings is 1. The van der Waals surface area contributed by atoms with Crippen molar-refractivity contribution in [2.45, 2.75) is 6.61 Å². The number of hydrogen-bond donors (Lipinski definition) is 3. The van der Waals surface area contributed by atoms with Crippen molar-refractivity contribution < 1.29 is 14.4 Å². The summed E-state index contributed by atoms with van der Waals surface area (Å²) < 4.78 is 5.03. The molecule has 0 aliphatic rings. The molecular weight excluding hydrogens is 198 g/mol. The Bertz CT molecular complexity index is 330. The minimum atomic E-state index is -0.599. The standard InChI is InChI=1S/C9H13N3O3/c1-14-8-4-2-3-7(5-8)6-15-12-9(13)11-10/h2-5H,6,10H2,1H3,(H2,11,12,13). The van der Waals surface area contributed by atoms with Gasteiger partial charge in [0.15, 0.2) is 0 Å². The van der Waals surface area contributed by atoms with Gasteiger partial charge < -0.3 is 4.74 Å². The van der Waals surface area contributed by atoms with Crippen molar-refractivity contribution in [1.82, 2.24) is 10.9 Å². The first-order chi connectivity index (χ1) is 7.26. The van der Waals surface area contributed by atoms with Crippen molar-refractivity contribution >= 4 is 6.03 Å². The van der Waals surface area contributed by atoms with E-state index in [2.05, 4.69) is 5.48 Å². The van der Waals surface area contributed by atoms with Crippen LogP contribution in [0.1, 0.15) is 5.56 Å². The van der Waals surface area contributed by atoms with E-state index in [9.17, 15) is 4.79 Å². The molecule has 0 saturated heterocycles. The van der Waals surface area contributed by atoms with Gasteiger partial charge in [0.25, 0.3) is 0 Å². The number of hydrogen-bond acceptors (Lipinski definition) is 4. The maximum atomic E-state index is 10.6. The van der Waals surface area contributed by atoms with Gasteiger partial charge in [-0.1, -0.05) is 12.1 Å². The summed E-state index contributed by atoms with van der Waals surface area (Å²) in [6, 6.07) is 6.72. The fraction of sp³-hybridized carbons (Fsp3) is 0.222. The minimum Gasteiger partial charge on any atom is -0.497 e. The third kappa shape index (κ3) is 3.84. The number of hydroxylamine groups is 1. The van der Waals surface area contributed by atoms with Crippen molar-refractivity contribution in [2.75, 3.05) is 7.11 Å². The maximum absolute atomic E-state index is 10.6. The second-order valence-electron chi connectivity index (χ2n) is 2.72. The number of carbonyl (C=O) groups is 1. The average molecular weight is 211 g/mol. The minimum absolute atomic E-state index is 0.241. The number of nitrogens with two attached hydrogens (primary N) is 1. The number of rotatable bonds is 4. The third-order valence-corrected chi connectivity index (χ3v) is 1.67. The number of urea groups is 1.